The number of nitrogens with zero attached hydrogens (tertiary/aromatic N) is 3. The van der Waals surface area contributed by atoms with Crippen molar-refractivity contribution in [3.05, 3.63) is 35.9 Å². The van der Waals surface area contributed by atoms with Gasteiger partial charge in [0.1, 0.15) is 5.72 Å². The number of carbonyl (C=O) groups excluding carboxylic acids is 1. The second-order valence-electron chi connectivity index (χ2n) is 6.28. The smallest absolute Gasteiger partial charge is 0.246 e. The molecule has 2 N–H and O–H groups in total. The second kappa shape index (κ2) is 4.56. The molecule has 0 aromatic heterocycles. The average molecular weight is 306 g/mol. The normalized spacial score (nSPS) is 37.1. The quantitative estimate of drug-likeness (QED) is 0.806. The van der Waals surface area contributed by atoms with E-state index in [2.05, 4.69) is 5.32 Å². The number of hydrogen-bond acceptors (Lipinski definition) is 5. The fourth-order valence-corrected chi connectivity index (χ4v) is 4.10. The van der Waals surface area contributed by atoms with E-state index in [9.17, 15) is 25.7 Å². The highest BCUT2D eigenvalue weighted by molar-refractivity contribution is 5.92. The predicted molar refractivity (Wildman–Crippen MR) is 77.8 cm³/mol. The van der Waals surface area contributed by atoms with Crippen LogP contribution in [-0.2, 0) is 4.79 Å². The lowest BCUT2D eigenvalue weighted by molar-refractivity contribution is -0.193. The van der Waals surface area contributed by atoms with Gasteiger partial charge < -0.3 is 10.4 Å². The first-order valence-corrected chi connectivity index (χ1v) is 7.24. The maximum atomic E-state index is 12.7. The molecular formula is C17H14N4O2. The van der Waals surface area contributed by atoms with Gasteiger partial charge in [0.15, 0.2) is 10.8 Å². The predicted octanol–water partition coefficient (Wildman–Crippen LogP) is 1.17. The van der Waals surface area contributed by atoms with E-state index in [0.717, 1.165) is 0 Å². The van der Waals surface area contributed by atoms with Crippen molar-refractivity contribution in [1.82, 2.24) is 5.32 Å². The maximum absolute atomic E-state index is 12.7. The minimum atomic E-state index is -1.90. The molecule has 3 fully saturated rings. The Bertz CT molecular complexity index is 787. The summed E-state index contributed by atoms with van der Waals surface area (Å²) in [4.78, 5) is 12.7. The summed E-state index contributed by atoms with van der Waals surface area (Å²) in [5.74, 6) is -2.03. The van der Waals surface area contributed by atoms with Gasteiger partial charge >= 0.3 is 0 Å². The van der Waals surface area contributed by atoms with Crippen molar-refractivity contribution in [3.63, 3.8) is 0 Å². The number of benzene rings is 1. The van der Waals surface area contributed by atoms with Crippen LogP contribution in [0.2, 0.25) is 0 Å². The third kappa shape index (κ3) is 1.55. The summed E-state index contributed by atoms with van der Waals surface area (Å²) in [6.07, 6.45) is -0.281. The molecule has 6 nitrogen and oxygen atoms in total. The summed E-state index contributed by atoms with van der Waals surface area (Å²) >= 11 is 0. The van der Waals surface area contributed by atoms with E-state index >= 15 is 0 Å². The van der Waals surface area contributed by atoms with E-state index in [0.29, 0.717) is 5.56 Å². The molecule has 23 heavy (non-hydrogen) atoms. The number of fused-ring (bicyclic) bond motifs is 3. The first-order valence-electron chi connectivity index (χ1n) is 7.24. The van der Waals surface area contributed by atoms with Crippen LogP contribution in [-0.4, -0.2) is 16.7 Å². The molecule has 114 valence electrons. The Morgan fingerprint density at radius 3 is 2.30 bits per heavy atom. The minimum absolute atomic E-state index is 0.281. The summed E-state index contributed by atoms with van der Waals surface area (Å²) < 4.78 is 0. The third-order valence-electron chi connectivity index (χ3n) is 5.33. The van der Waals surface area contributed by atoms with Crippen LogP contribution in [0.4, 0.5) is 0 Å². The van der Waals surface area contributed by atoms with E-state index < -0.39 is 34.3 Å². The van der Waals surface area contributed by atoms with Crippen molar-refractivity contribution < 1.29 is 9.90 Å². The van der Waals surface area contributed by atoms with Crippen molar-refractivity contribution in [3.8, 4) is 18.2 Å². The monoisotopic (exact) mass is 306 g/mol. The Balaban J connectivity index is 2.36. The Morgan fingerprint density at radius 1 is 1.17 bits per heavy atom. The average Bonchev–Trinajstić information content (AvgIpc) is 2.56. The molecule has 2 aliphatic heterocycles. The summed E-state index contributed by atoms with van der Waals surface area (Å²) in [6.45, 7) is 1.72. The van der Waals surface area contributed by atoms with Gasteiger partial charge in [-0.2, -0.15) is 15.8 Å². The molecular weight excluding hydrogens is 292 g/mol. The molecule has 4 atom stereocenters. The summed E-state index contributed by atoms with van der Waals surface area (Å²) in [5.41, 5.74) is -4.79. The summed E-state index contributed by atoms with van der Waals surface area (Å²) in [5, 5.41) is 42.4. The summed E-state index contributed by atoms with van der Waals surface area (Å²) in [6, 6.07) is 14.5. The van der Waals surface area contributed by atoms with Crippen molar-refractivity contribution in [2.24, 2.45) is 16.7 Å². The fraction of sp³-hybridized carbons (Fsp3) is 0.412. The number of amides is 1. The second-order valence-corrected chi connectivity index (χ2v) is 6.28. The van der Waals surface area contributed by atoms with Crippen molar-refractivity contribution in [1.29, 1.82) is 15.8 Å². The van der Waals surface area contributed by atoms with Crippen LogP contribution in [0, 0.1) is 50.7 Å². The number of nitriles is 3. The van der Waals surface area contributed by atoms with E-state index in [4.69, 9.17) is 0 Å². The third-order valence-corrected chi connectivity index (χ3v) is 5.33. The highest BCUT2D eigenvalue weighted by Gasteiger charge is 2.76. The minimum Gasteiger partial charge on any atom is -0.371 e. The standard InChI is InChI=1S/C17H14N4O2/c1-11-13(12-5-3-2-4-6-12)16(10-20)14(22)21-17(11,23)7-15(16,8-18)9-19/h2-6,11,13,23H,7H2,1H3,(H,21,22)/t11-,13-,16+,17-/m1/s1. The van der Waals surface area contributed by atoms with E-state index in [1.54, 1.807) is 37.3 Å². The lowest BCUT2D eigenvalue weighted by Gasteiger charge is -2.60. The lowest BCUT2D eigenvalue weighted by Crippen LogP contribution is -2.76. The van der Waals surface area contributed by atoms with E-state index in [1.807, 2.05) is 18.2 Å². The fourth-order valence-electron chi connectivity index (χ4n) is 4.10. The van der Waals surface area contributed by atoms with Crippen molar-refractivity contribution >= 4 is 5.91 Å². The molecule has 0 unspecified atom stereocenters. The Labute approximate surface area is 133 Å². The molecule has 2 bridgehead atoms. The zero-order valence-corrected chi connectivity index (χ0v) is 12.4. The van der Waals surface area contributed by atoms with Crippen LogP contribution < -0.4 is 5.32 Å². The van der Waals surface area contributed by atoms with Gasteiger partial charge in [-0.05, 0) is 5.56 Å². The molecule has 1 aliphatic carbocycles. The number of rotatable bonds is 1. The zero-order valence-electron chi connectivity index (χ0n) is 12.4. The van der Waals surface area contributed by atoms with Crippen LogP contribution in [0.25, 0.3) is 0 Å². The molecule has 3 aliphatic rings. The lowest BCUT2D eigenvalue weighted by atomic mass is 9.44. The highest BCUT2D eigenvalue weighted by Crippen LogP contribution is 2.64. The summed E-state index contributed by atoms with van der Waals surface area (Å²) in [7, 11) is 0. The number of hydrogen-bond donors (Lipinski definition) is 2. The molecule has 0 radical (unpaired) electrons. The van der Waals surface area contributed by atoms with Gasteiger partial charge in [-0.1, -0.05) is 37.3 Å². The van der Waals surface area contributed by atoms with Gasteiger partial charge in [-0.15, -0.1) is 0 Å². The van der Waals surface area contributed by atoms with Gasteiger partial charge in [-0.25, -0.2) is 0 Å². The topological polar surface area (TPSA) is 121 Å². The molecule has 6 heteroatoms. The highest BCUT2D eigenvalue weighted by atomic mass is 16.3. The van der Waals surface area contributed by atoms with Gasteiger partial charge in [0, 0.05) is 18.3 Å². The molecule has 2 heterocycles. The van der Waals surface area contributed by atoms with E-state index in [-0.39, 0.29) is 6.42 Å². The first-order chi connectivity index (χ1) is 10.9. The van der Waals surface area contributed by atoms with Gasteiger partial charge in [0.05, 0.1) is 18.2 Å². The largest absolute Gasteiger partial charge is 0.371 e. The van der Waals surface area contributed by atoms with Crippen molar-refractivity contribution in [2.45, 2.75) is 25.0 Å². The molecule has 0 spiro atoms. The molecule has 2 saturated heterocycles. The van der Waals surface area contributed by atoms with E-state index in [1.165, 1.54) is 0 Å². The molecule has 1 aromatic rings. The zero-order chi connectivity index (χ0) is 16.9. The van der Waals surface area contributed by atoms with Crippen LogP contribution in [0.3, 0.4) is 0 Å². The maximum Gasteiger partial charge on any atom is 0.246 e. The molecule has 1 aromatic carbocycles. The van der Waals surface area contributed by atoms with Crippen molar-refractivity contribution in [2.75, 3.05) is 0 Å². The van der Waals surface area contributed by atoms with Gasteiger partial charge in [-0.3, -0.25) is 4.79 Å². The van der Waals surface area contributed by atoms with Gasteiger partial charge in [0.2, 0.25) is 5.91 Å². The number of aliphatic hydroxyl groups is 1. The molecule has 4 rings (SSSR count). The van der Waals surface area contributed by atoms with Crippen LogP contribution >= 0.6 is 0 Å². The first kappa shape index (κ1) is 15.0. The van der Waals surface area contributed by atoms with Crippen LogP contribution in [0.5, 0.6) is 0 Å². The Morgan fingerprint density at radius 2 is 1.78 bits per heavy atom. The van der Waals surface area contributed by atoms with Gasteiger partial charge in [0.25, 0.3) is 0 Å². The Hall–Kier alpha value is -2.88. The Kier molecular flexibility index (Phi) is 2.98. The number of piperidine rings is 2. The van der Waals surface area contributed by atoms with Crippen LogP contribution in [0.1, 0.15) is 24.8 Å². The SMILES string of the molecule is C[C@@H]1[C@H](c2ccccc2)[C@@]2(C#N)C(=O)N[C@@]1(O)CC2(C#N)C#N. The number of nitrogens with one attached hydrogen (secondary N) is 1. The molecule has 1 amide bonds. The number of carbonyl (C=O) groups is 1. The molecule has 1 saturated carbocycles. The van der Waals surface area contributed by atoms with Crippen LogP contribution in [0.15, 0.2) is 30.3 Å².